The summed E-state index contributed by atoms with van der Waals surface area (Å²) in [7, 11) is 1.78. The summed E-state index contributed by atoms with van der Waals surface area (Å²) in [6.45, 7) is 3.07. The fourth-order valence-electron chi connectivity index (χ4n) is 2.54. The normalized spacial score (nSPS) is 20.3. The van der Waals surface area contributed by atoms with Gasteiger partial charge in [0.25, 0.3) is 0 Å². The molecule has 0 aliphatic carbocycles. The quantitative estimate of drug-likeness (QED) is 0.807. The summed E-state index contributed by atoms with van der Waals surface area (Å²) < 4.78 is 7.26. The minimum absolute atomic E-state index is 0.663. The zero-order chi connectivity index (χ0) is 11.7. The van der Waals surface area contributed by atoms with Crippen molar-refractivity contribution in [2.24, 2.45) is 5.92 Å². The van der Waals surface area contributed by atoms with Gasteiger partial charge in [-0.05, 0) is 12.5 Å². The van der Waals surface area contributed by atoms with Gasteiger partial charge in [-0.2, -0.15) is 0 Å². The summed E-state index contributed by atoms with van der Waals surface area (Å²) in [6, 6.07) is 4.30. The number of pyridine rings is 1. The topological polar surface area (TPSA) is 29.8 Å². The van der Waals surface area contributed by atoms with Gasteiger partial charge in [-0.1, -0.05) is 0 Å². The van der Waals surface area contributed by atoms with Crippen LogP contribution in [-0.2, 0) is 4.74 Å². The number of hydrogen-bond acceptors (Lipinski definition) is 3. The highest BCUT2D eigenvalue weighted by Gasteiger charge is 2.22. The highest BCUT2D eigenvalue weighted by Crippen LogP contribution is 2.24. The van der Waals surface area contributed by atoms with Gasteiger partial charge in [-0.3, -0.25) is 0 Å². The summed E-state index contributed by atoms with van der Waals surface area (Å²) in [5.74, 6) is 0.663. The Hall–Kier alpha value is -1.55. The molecule has 0 aromatic carbocycles. The van der Waals surface area contributed by atoms with Crippen molar-refractivity contribution in [3.8, 4) is 0 Å². The number of rotatable bonds is 3. The van der Waals surface area contributed by atoms with Crippen LogP contribution in [0.5, 0.6) is 0 Å². The summed E-state index contributed by atoms with van der Waals surface area (Å²) >= 11 is 0. The fraction of sp³-hybridized carbons (Fsp3) is 0.462. The second kappa shape index (κ2) is 4.37. The van der Waals surface area contributed by atoms with E-state index in [1.54, 1.807) is 7.11 Å². The standard InChI is InChI=1S/C13H17N3O/c1-17-10-11-2-5-16(9-11)12-3-6-15-7-4-14-13(15)8-12/h3-4,6-8,11H,2,5,9-10H2,1H3. The third-order valence-electron chi connectivity index (χ3n) is 3.43. The average molecular weight is 231 g/mol. The molecule has 1 aliphatic rings. The zero-order valence-electron chi connectivity index (χ0n) is 10.0. The van der Waals surface area contributed by atoms with E-state index in [0.29, 0.717) is 5.92 Å². The van der Waals surface area contributed by atoms with Gasteiger partial charge in [0.15, 0.2) is 0 Å². The van der Waals surface area contributed by atoms with E-state index in [0.717, 1.165) is 25.3 Å². The van der Waals surface area contributed by atoms with Crippen molar-refractivity contribution in [1.29, 1.82) is 0 Å². The molecule has 0 bridgehead atoms. The first kappa shape index (κ1) is 10.6. The van der Waals surface area contributed by atoms with Gasteiger partial charge in [-0.25, -0.2) is 4.98 Å². The lowest BCUT2D eigenvalue weighted by atomic mass is 10.1. The van der Waals surface area contributed by atoms with E-state index in [1.807, 2.05) is 16.8 Å². The average Bonchev–Trinajstić information content (AvgIpc) is 2.96. The van der Waals surface area contributed by atoms with Crippen LogP contribution in [0.15, 0.2) is 30.7 Å². The number of methoxy groups -OCH3 is 1. The number of imidazole rings is 1. The third-order valence-corrected chi connectivity index (χ3v) is 3.43. The Morgan fingerprint density at radius 3 is 3.29 bits per heavy atom. The van der Waals surface area contributed by atoms with Crippen LogP contribution in [0.2, 0.25) is 0 Å². The van der Waals surface area contributed by atoms with Crippen LogP contribution in [0.3, 0.4) is 0 Å². The molecule has 0 N–H and O–H groups in total. The largest absolute Gasteiger partial charge is 0.384 e. The first-order valence-corrected chi connectivity index (χ1v) is 6.03. The van der Waals surface area contributed by atoms with Crippen molar-refractivity contribution in [1.82, 2.24) is 9.38 Å². The molecular formula is C13H17N3O. The van der Waals surface area contributed by atoms with Gasteiger partial charge in [0.2, 0.25) is 0 Å². The van der Waals surface area contributed by atoms with Crippen molar-refractivity contribution < 1.29 is 4.74 Å². The van der Waals surface area contributed by atoms with E-state index in [4.69, 9.17) is 4.74 Å². The molecule has 4 nitrogen and oxygen atoms in total. The lowest BCUT2D eigenvalue weighted by molar-refractivity contribution is 0.161. The molecule has 2 aromatic rings. The van der Waals surface area contributed by atoms with Crippen molar-refractivity contribution in [3.63, 3.8) is 0 Å². The Kier molecular flexibility index (Phi) is 2.73. The summed E-state index contributed by atoms with van der Waals surface area (Å²) in [6.07, 6.45) is 7.09. The number of ether oxygens (including phenoxy) is 1. The molecule has 17 heavy (non-hydrogen) atoms. The van der Waals surface area contributed by atoms with Crippen LogP contribution in [0.25, 0.3) is 5.65 Å². The highest BCUT2D eigenvalue weighted by atomic mass is 16.5. The fourth-order valence-corrected chi connectivity index (χ4v) is 2.54. The van der Waals surface area contributed by atoms with Gasteiger partial charge in [-0.15, -0.1) is 0 Å². The minimum atomic E-state index is 0.663. The van der Waals surface area contributed by atoms with Gasteiger partial charge in [0.05, 0.1) is 6.61 Å². The molecule has 1 atom stereocenters. The predicted molar refractivity (Wildman–Crippen MR) is 67.4 cm³/mol. The first-order chi connectivity index (χ1) is 8.36. The molecule has 1 unspecified atom stereocenters. The molecule has 90 valence electrons. The van der Waals surface area contributed by atoms with Gasteiger partial charge in [0, 0.05) is 56.5 Å². The molecule has 3 rings (SSSR count). The molecule has 1 aliphatic heterocycles. The second-order valence-electron chi connectivity index (χ2n) is 4.63. The SMILES string of the molecule is COCC1CCN(c2ccn3ccnc3c2)C1. The summed E-state index contributed by atoms with van der Waals surface area (Å²) in [5, 5.41) is 0. The molecule has 3 heterocycles. The molecule has 2 aromatic heterocycles. The molecule has 1 saturated heterocycles. The summed E-state index contributed by atoms with van der Waals surface area (Å²) in [4.78, 5) is 6.73. The van der Waals surface area contributed by atoms with Gasteiger partial charge in [0.1, 0.15) is 5.65 Å². The van der Waals surface area contributed by atoms with E-state index in [-0.39, 0.29) is 0 Å². The van der Waals surface area contributed by atoms with Crippen LogP contribution in [0.1, 0.15) is 6.42 Å². The lowest BCUT2D eigenvalue weighted by Crippen LogP contribution is -2.21. The van der Waals surface area contributed by atoms with E-state index >= 15 is 0 Å². The number of nitrogens with zero attached hydrogens (tertiary/aromatic N) is 3. The van der Waals surface area contributed by atoms with Gasteiger partial charge >= 0.3 is 0 Å². The number of anilines is 1. The van der Waals surface area contributed by atoms with E-state index in [1.165, 1.54) is 12.1 Å². The number of aromatic nitrogens is 2. The maximum Gasteiger partial charge on any atom is 0.138 e. The molecule has 0 spiro atoms. The van der Waals surface area contributed by atoms with Crippen LogP contribution in [-0.4, -0.2) is 36.2 Å². The maximum absolute atomic E-state index is 5.22. The molecular weight excluding hydrogens is 214 g/mol. The molecule has 0 saturated carbocycles. The van der Waals surface area contributed by atoms with E-state index in [9.17, 15) is 0 Å². The number of fused-ring (bicyclic) bond motifs is 1. The minimum Gasteiger partial charge on any atom is -0.384 e. The second-order valence-corrected chi connectivity index (χ2v) is 4.63. The Morgan fingerprint density at radius 1 is 1.47 bits per heavy atom. The molecule has 1 fully saturated rings. The Labute approximate surface area is 101 Å². The van der Waals surface area contributed by atoms with Crippen LogP contribution in [0, 0.1) is 5.92 Å². The highest BCUT2D eigenvalue weighted by molar-refractivity contribution is 5.56. The van der Waals surface area contributed by atoms with Crippen LogP contribution < -0.4 is 4.90 Å². The molecule has 4 heteroatoms. The first-order valence-electron chi connectivity index (χ1n) is 6.03. The van der Waals surface area contributed by atoms with Crippen molar-refractivity contribution >= 4 is 11.3 Å². The predicted octanol–water partition coefficient (Wildman–Crippen LogP) is 1.81. The maximum atomic E-state index is 5.22. The Morgan fingerprint density at radius 2 is 2.41 bits per heavy atom. The van der Waals surface area contributed by atoms with E-state index in [2.05, 4.69) is 28.2 Å². The molecule has 0 amide bonds. The van der Waals surface area contributed by atoms with E-state index < -0.39 is 0 Å². The lowest BCUT2D eigenvalue weighted by Gasteiger charge is -2.18. The van der Waals surface area contributed by atoms with Crippen molar-refractivity contribution in [2.45, 2.75) is 6.42 Å². The summed E-state index contributed by atoms with van der Waals surface area (Å²) in [5.41, 5.74) is 2.28. The number of hydrogen-bond donors (Lipinski definition) is 0. The van der Waals surface area contributed by atoms with Gasteiger partial charge < -0.3 is 14.0 Å². The van der Waals surface area contributed by atoms with Crippen molar-refractivity contribution in [3.05, 3.63) is 30.7 Å². The Balaban J connectivity index is 1.80. The third kappa shape index (κ3) is 2.00. The molecule has 0 radical (unpaired) electrons. The van der Waals surface area contributed by atoms with Crippen LogP contribution >= 0.6 is 0 Å². The van der Waals surface area contributed by atoms with Crippen molar-refractivity contribution in [2.75, 3.05) is 31.7 Å². The van der Waals surface area contributed by atoms with Crippen LogP contribution in [0.4, 0.5) is 5.69 Å². The smallest absolute Gasteiger partial charge is 0.138 e. The zero-order valence-corrected chi connectivity index (χ0v) is 10.0. The monoisotopic (exact) mass is 231 g/mol. The Bertz CT molecular complexity index is 508.